The summed E-state index contributed by atoms with van der Waals surface area (Å²) in [6.07, 6.45) is 4.00. The summed E-state index contributed by atoms with van der Waals surface area (Å²) in [5, 5.41) is 4.25. The summed E-state index contributed by atoms with van der Waals surface area (Å²) < 4.78 is 5.29. The fraction of sp³-hybridized carbons (Fsp3) is 0.571. The fourth-order valence-corrected chi connectivity index (χ4v) is 2.61. The number of hydrogen-bond acceptors (Lipinski definition) is 2. The first-order valence-electron chi connectivity index (χ1n) is 6.33. The summed E-state index contributed by atoms with van der Waals surface area (Å²) >= 11 is 6.06. The minimum absolute atomic E-state index is 0.444. The summed E-state index contributed by atoms with van der Waals surface area (Å²) in [5.74, 6) is 1.53. The number of rotatable bonds is 5. The van der Waals surface area contributed by atoms with Gasteiger partial charge >= 0.3 is 0 Å². The molecule has 1 atom stereocenters. The summed E-state index contributed by atoms with van der Waals surface area (Å²) in [4.78, 5) is 0. The average molecular weight is 254 g/mol. The van der Waals surface area contributed by atoms with Crippen molar-refractivity contribution in [3.63, 3.8) is 0 Å². The summed E-state index contributed by atoms with van der Waals surface area (Å²) in [5.41, 5.74) is 1.29. The molecule has 1 N–H and O–H groups in total. The van der Waals surface area contributed by atoms with Crippen LogP contribution in [0, 0.1) is 5.92 Å². The highest BCUT2D eigenvalue weighted by Gasteiger charge is 2.28. The molecule has 1 aliphatic carbocycles. The molecule has 17 heavy (non-hydrogen) atoms. The van der Waals surface area contributed by atoms with Gasteiger partial charge in [-0.15, -0.1) is 0 Å². The molecule has 1 fully saturated rings. The number of benzene rings is 1. The lowest BCUT2D eigenvalue weighted by Crippen LogP contribution is -2.32. The molecule has 0 spiro atoms. The third-order valence-corrected chi connectivity index (χ3v) is 3.89. The predicted molar refractivity (Wildman–Crippen MR) is 71.8 cm³/mol. The van der Waals surface area contributed by atoms with Crippen LogP contribution in [0.5, 0.6) is 5.75 Å². The third kappa shape index (κ3) is 2.75. The first-order valence-corrected chi connectivity index (χ1v) is 6.71. The van der Waals surface area contributed by atoms with Crippen molar-refractivity contribution in [1.29, 1.82) is 0 Å². The molecule has 0 aromatic heterocycles. The molecule has 0 bridgehead atoms. The van der Waals surface area contributed by atoms with E-state index in [0.29, 0.717) is 11.1 Å². The molecule has 0 radical (unpaired) electrons. The van der Waals surface area contributed by atoms with Crippen molar-refractivity contribution in [1.82, 2.24) is 5.32 Å². The van der Waals surface area contributed by atoms with Crippen molar-refractivity contribution < 1.29 is 4.74 Å². The Labute approximate surface area is 108 Å². The van der Waals surface area contributed by atoms with E-state index in [-0.39, 0.29) is 0 Å². The SMILES string of the molecule is CCNC(c1ccc(Cl)c(OC)c1)C1CCC1. The van der Waals surface area contributed by atoms with E-state index in [1.165, 1.54) is 24.8 Å². The molecule has 1 aliphatic rings. The summed E-state index contributed by atoms with van der Waals surface area (Å²) in [6.45, 7) is 3.14. The van der Waals surface area contributed by atoms with E-state index in [2.05, 4.69) is 24.4 Å². The Bertz CT molecular complexity index is 376. The van der Waals surface area contributed by atoms with Crippen LogP contribution in [-0.4, -0.2) is 13.7 Å². The number of halogens is 1. The van der Waals surface area contributed by atoms with Crippen LogP contribution in [0.2, 0.25) is 5.02 Å². The number of methoxy groups -OCH3 is 1. The minimum Gasteiger partial charge on any atom is -0.495 e. The second-order valence-electron chi connectivity index (χ2n) is 4.62. The van der Waals surface area contributed by atoms with Gasteiger partial charge in [-0.2, -0.15) is 0 Å². The van der Waals surface area contributed by atoms with Gasteiger partial charge in [0.2, 0.25) is 0 Å². The van der Waals surface area contributed by atoms with Crippen LogP contribution >= 0.6 is 11.6 Å². The van der Waals surface area contributed by atoms with Crippen LogP contribution in [0.4, 0.5) is 0 Å². The van der Waals surface area contributed by atoms with Crippen molar-refractivity contribution in [2.75, 3.05) is 13.7 Å². The van der Waals surface area contributed by atoms with Crippen molar-refractivity contribution in [2.24, 2.45) is 5.92 Å². The highest BCUT2D eigenvalue weighted by Crippen LogP contribution is 2.39. The minimum atomic E-state index is 0.444. The Hall–Kier alpha value is -0.730. The average Bonchev–Trinajstić information content (AvgIpc) is 2.27. The zero-order valence-corrected chi connectivity index (χ0v) is 11.3. The van der Waals surface area contributed by atoms with E-state index in [0.717, 1.165) is 18.2 Å². The monoisotopic (exact) mass is 253 g/mol. The van der Waals surface area contributed by atoms with Gasteiger partial charge in [-0.25, -0.2) is 0 Å². The standard InChI is InChI=1S/C14H20ClNO/c1-3-16-14(10-5-4-6-10)11-7-8-12(15)13(9-11)17-2/h7-10,14,16H,3-6H2,1-2H3. The summed E-state index contributed by atoms with van der Waals surface area (Å²) in [7, 11) is 1.66. The molecule has 2 nitrogen and oxygen atoms in total. The van der Waals surface area contributed by atoms with Crippen molar-refractivity contribution in [3.05, 3.63) is 28.8 Å². The zero-order chi connectivity index (χ0) is 12.3. The van der Waals surface area contributed by atoms with Gasteiger partial charge in [0.1, 0.15) is 5.75 Å². The van der Waals surface area contributed by atoms with Crippen LogP contribution in [0.25, 0.3) is 0 Å². The van der Waals surface area contributed by atoms with Gasteiger partial charge in [0.05, 0.1) is 12.1 Å². The quantitative estimate of drug-likeness (QED) is 0.862. The molecule has 1 saturated carbocycles. The van der Waals surface area contributed by atoms with E-state index >= 15 is 0 Å². The molecule has 0 aliphatic heterocycles. The highest BCUT2D eigenvalue weighted by molar-refractivity contribution is 6.32. The van der Waals surface area contributed by atoms with E-state index < -0.39 is 0 Å². The fourth-order valence-electron chi connectivity index (χ4n) is 2.42. The maximum Gasteiger partial charge on any atom is 0.137 e. The summed E-state index contributed by atoms with van der Waals surface area (Å²) in [6, 6.07) is 6.54. The lowest BCUT2D eigenvalue weighted by atomic mass is 9.77. The molecule has 1 aromatic carbocycles. The molecule has 94 valence electrons. The molecule has 0 heterocycles. The van der Waals surface area contributed by atoms with E-state index in [1.807, 2.05) is 6.07 Å². The lowest BCUT2D eigenvalue weighted by molar-refractivity contribution is 0.233. The van der Waals surface area contributed by atoms with Crippen LogP contribution in [0.1, 0.15) is 37.8 Å². The Balaban J connectivity index is 2.22. The Kier molecular flexibility index (Phi) is 4.30. The second-order valence-corrected chi connectivity index (χ2v) is 5.03. The van der Waals surface area contributed by atoms with Gasteiger partial charge in [-0.1, -0.05) is 31.0 Å². The largest absolute Gasteiger partial charge is 0.495 e. The molecule has 2 rings (SSSR count). The lowest BCUT2D eigenvalue weighted by Gasteiger charge is -2.34. The van der Waals surface area contributed by atoms with Gasteiger partial charge in [-0.05, 0) is 43.0 Å². The Morgan fingerprint density at radius 1 is 1.47 bits per heavy atom. The van der Waals surface area contributed by atoms with E-state index in [4.69, 9.17) is 16.3 Å². The van der Waals surface area contributed by atoms with Crippen molar-refractivity contribution >= 4 is 11.6 Å². The molecule has 0 amide bonds. The highest BCUT2D eigenvalue weighted by atomic mass is 35.5. The maximum atomic E-state index is 6.06. The molecule has 0 saturated heterocycles. The first kappa shape index (κ1) is 12.7. The van der Waals surface area contributed by atoms with E-state index in [9.17, 15) is 0 Å². The predicted octanol–water partition coefficient (Wildman–Crippen LogP) is 3.80. The van der Waals surface area contributed by atoms with Gasteiger partial charge in [0.25, 0.3) is 0 Å². The van der Waals surface area contributed by atoms with Crippen molar-refractivity contribution in [2.45, 2.75) is 32.2 Å². The normalized spacial score (nSPS) is 17.6. The van der Waals surface area contributed by atoms with Gasteiger partial charge < -0.3 is 10.1 Å². The number of nitrogens with one attached hydrogen (secondary N) is 1. The van der Waals surface area contributed by atoms with Gasteiger partial charge in [0, 0.05) is 6.04 Å². The maximum absolute atomic E-state index is 6.06. The zero-order valence-electron chi connectivity index (χ0n) is 10.5. The first-order chi connectivity index (χ1) is 8.26. The Morgan fingerprint density at radius 3 is 2.76 bits per heavy atom. The second kappa shape index (κ2) is 5.74. The van der Waals surface area contributed by atoms with Gasteiger partial charge in [-0.3, -0.25) is 0 Å². The molecule has 1 aromatic rings. The van der Waals surface area contributed by atoms with Crippen molar-refractivity contribution in [3.8, 4) is 5.75 Å². The molecular formula is C14H20ClNO. The van der Waals surface area contributed by atoms with Crippen LogP contribution in [-0.2, 0) is 0 Å². The van der Waals surface area contributed by atoms with Crippen LogP contribution in [0.3, 0.4) is 0 Å². The smallest absolute Gasteiger partial charge is 0.137 e. The number of hydrogen-bond donors (Lipinski definition) is 1. The Morgan fingerprint density at radius 2 is 2.24 bits per heavy atom. The van der Waals surface area contributed by atoms with E-state index in [1.54, 1.807) is 7.11 Å². The topological polar surface area (TPSA) is 21.3 Å². The molecule has 3 heteroatoms. The van der Waals surface area contributed by atoms with Crippen LogP contribution in [0.15, 0.2) is 18.2 Å². The third-order valence-electron chi connectivity index (χ3n) is 3.58. The molecular weight excluding hydrogens is 234 g/mol. The number of ether oxygens (including phenoxy) is 1. The van der Waals surface area contributed by atoms with Crippen LogP contribution < -0.4 is 10.1 Å². The van der Waals surface area contributed by atoms with Gasteiger partial charge in [0.15, 0.2) is 0 Å². The molecule has 1 unspecified atom stereocenters.